The number of alkyl halides is 3. The molecular formula is C16H15F3O. The van der Waals surface area contributed by atoms with Crippen LogP contribution < -0.4 is 0 Å². The molecule has 1 atom stereocenters. The Labute approximate surface area is 115 Å². The second kappa shape index (κ2) is 5.67. The first-order chi connectivity index (χ1) is 9.43. The number of aryl methyl sites for hydroxylation is 1. The van der Waals surface area contributed by atoms with Gasteiger partial charge in [0.2, 0.25) is 0 Å². The van der Waals surface area contributed by atoms with Crippen LogP contribution in [0.4, 0.5) is 13.2 Å². The average Bonchev–Trinajstić information content (AvgIpc) is 2.45. The SMILES string of the molecule is CCc1ccccc1C(O)c1ccc(C(F)(F)F)cc1. The lowest BCUT2D eigenvalue weighted by atomic mass is 9.95. The van der Waals surface area contributed by atoms with Crippen molar-refractivity contribution in [2.24, 2.45) is 0 Å². The van der Waals surface area contributed by atoms with E-state index in [1.54, 1.807) is 6.07 Å². The molecule has 1 nitrogen and oxygen atoms in total. The summed E-state index contributed by atoms with van der Waals surface area (Å²) >= 11 is 0. The van der Waals surface area contributed by atoms with Crippen molar-refractivity contribution < 1.29 is 18.3 Å². The summed E-state index contributed by atoms with van der Waals surface area (Å²) in [6, 6.07) is 12.0. The molecule has 20 heavy (non-hydrogen) atoms. The third-order valence-electron chi connectivity index (χ3n) is 3.28. The van der Waals surface area contributed by atoms with Crippen molar-refractivity contribution >= 4 is 0 Å². The van der Waals surface area contributed by atoms with Gasteiger partial charge in [0.25, 0.3) is 0 Å². The monoisotopic (exact) mass is 280 g/mol. The number of halogens is 3. The fourth-order valence-electron chi connectivity index (χ4n) is 2.16. The van der Waals surface area contributed by atoms with Crippen molar-refractivity contribution in [3.05, 3.63) is 70.8 Å². The van der Waals surface area contributed by atoms with E-state index in [-0.39, 0.29) is 0 Å². The fourth-order valence-corrected chi connectivity index (χ4v) is 2.16. The molecule has 0 aliphatic heterocycles. The minimum Gasteiger partial charge on any atom is -0.384 e. The molecule has 0 bridgehead atoms. The van der Waals surface area contributed by atoms with Gasteiger partial charge in [0.1, 0.15) is 6.10 Å². The maximum absolute atomic E-state index is 12.5. The number of benzene rings is 2. The van der Waals surface area contributed by atoms with Crippen LogP contribution in [0.15, 0.2) is 48.5 Å². The number of hydrogen-bond acceptors (Lipinski definition) is 1. The number of rotatable bonds is 3. The topological polar surface area (TPSA) is 20.2 Å². The molecule has 1 N–H and O–H groups in total. The quantitative estimate of drug-likeness (QED) is 0.886. The molecular weight excluding hydrogens is 265 g/mol. The molecule has 0 saturated carbocycles. The van der Waals surface area contributed by atoms with E-state index in [0.717, 1.165) is 29.7 Å². The van der Waals surface area contributed by atoms with Crippen LogP contribution in [0.5, 0.6) is 0 Å². The lowest BCUT2D eigenvalue weighted by Gasteiger charge is -2.16. The van der Waals surface area contributed by atoms with Crippen LogP contribution >= 0.6 is 0 Å². The zero-order valence-corrected chi connectivity index (χ0v) is 11.0. The summed E-state index contributed by atoms with van der Waals surface area (Å²) in [6.45, 7) is 1.97. The molecule has 0 spiro atoms. The second-order valence-corrected chi connectivity index (χ2v) is 4.57. The lowest BCUT2D eigenvalue weighted by Crippen LogP contribution is -2.07. The molecule has 0 heterocycles. The predicted octanol–water partition coefficient (Wildman–Crippen LogP) is 4.35. The molecule has 0 fully saturated rings. The third-order valence-corrected chi connectivity index (χ3v) is 3.28. The maximum atomic E-state index is 12.5. The molecule has 0 amide bonds. The fraction of sp³-hybridized carbons (Fsp3) is 0.250. The van der Waals surface area contributed by atoms with Gasteiger partial charge in [-0.1, -0.05) is 43.3 Å². The molecule has 0 radical (unpaired) electrons. The summed E-state index contributed by atoms with van der Waals surface area (Å²) in [4.78, 5) is 0. The van der Waals surface area contributed by atoms with Crippen LogP contribution in [0, 0.1) is 0 Å². The van der Waals surface area contributed by atoms with E-state index in [1.807, 2.05) is 25.1 Å². The van der Waals surface area contributed by atoms with Gasteiger partial charge < -0.3 is 5.11 Å². The molecule has 2 aromatic rings. The Balaban J connectivity index is 2.32. The van der Waals surface area contributed by atoms with Gasteiger partial charge in [0.05, 0.1) is 5.56 Å². The van der Waals surface area contributed by atoms with Crippen molar-refractivity contribution in [2.45, 2.75) is 25.6 Å². The molecule has 0 aromatic heterocycles. The van der Waals surface area contributed by atoms with Crippen LogP contribution in [0.2, 0.25) is 0 Å². The van der Waals surface area contributed by atoms with E-state index in [0.29, 0.717) is 5.56 Å². The Bertz CT molecular complexity index is 573. The Morgan fingerprint density at radius 1 is 1.00 bits per heavy atom. The highest BCUT2D eigenvalue weighted by molar-refractivity contribution is 5.37. The zero-order valence-electron chi connectivity index (χ0n) is 11.0. The first kappa shape index (κ1) is 14.6. The van der Waals surface area contributed by atoms with Crippen LogP contribution in [-0.2, 0) is 12.6 Å². The highest BCUT2D eigenvalue weighted by Gasteiger charge is 2.30. The van der Waals surface area contributed by atoms with Crippen molar-refractivity contribution in [2.75, 3.05) is 0 Å². The molecule has 2 rings (SSSR count). The summed E-state index contributed by atoms with van der Waals surface area (Å²) < 4.78 is 37.5. The van der Waals surface area contributed by atoms with Crippen molar-refractivity contribution in [3.8, 4) is 0 Å². The number of hydrogen-bond donors (Lipinski definition) is 1. The molecule has 0 saturated heterocycles. The standard InChI is InChI=1S/C16H15F3O/c1-2-11-5-3-4-6-14(11)15(20)12-7-9-13(10-8-12)16(17,18)19/h3-10,15,20H,2H2,1H3. The summed E-state index contributed by atoms with van der Waals surface area (Å²) in [5, 5.41) is 10.3. The summed E-state index contributed by atoms with van der Waals surface area (Å²) in [7, 11) is 0. The summed E-state index contributed by atoms with van der Waals surface area (Å²) in [6.07, 6.45) is -4.51. The Hall–Kier alpha value is -1.81. The highest BCUT2D eigenvalue weighted by Crippen LogP contribution is 2.31. The van der Waals surface area contributed by atoms with Crippen molar-refractivity contribution in [3.63, 3.8) is 0 Å². The second-order valence-electron chi connectivity index (χ2n) is 4.57. The van der Waals surface area contributed by atoms with E-state index < -0.39 is 17.8 Å². The van der Waals surface area contributed by atoms with Gasteiger partial charge in [-0.3, -0.25) is 0 Å². The van der Waals surface area contributed by atoms with Gasteiger partial charge in [-0.25, -0.2) is 0 Å². The molecule has 0 aliphatic carbocycles. The number of aliphatic hydroxyl groups is 1. The summed E-state index contributed by atoms with van der Waals surface area (Å²) in [5.74, 6) is 0. The zero-order chi connectivity index (χ0) is 14.8. The van der Waals surface area contributed by atoms with Gasteiger partial charge in [-0.05, 0) is 35.2 Å². The van der Waals surface area contributed by atoms with Crippen LogP contribution in [0.25, 0.3) is 0 Å². The van der Waals surface area contributed by atoms with Gasteiger partial charge in [0, 0.05) is 0 Å². The Morgan fingerprint density at radius 3 is 2.15 bits per heavy atom. The first-order valence-corrected chi connectivity index (χ1v) is 6.36. The average molecular weight is 280 g/mol. The third kappa shape index (κ3) is 3.02. The van der Waals surface area contributed by atoms with Crippen LogP contribution in [0.3, 0.4) is 0 Å². The minimum absolute atomic E-state index is 0.457. The van der Waals surface area contributed by atoms with E-state index >= 15 is 0 Å². The molecule has 106 valence electrons. The minimum atomic E-state index is -4.36. The maximum Gasteiger partial charge on any atom is 0.416 e. The molecule has 4 heteroatoms. The highest BCUT2D eigenvalue weighted by atomic mass is 19.4. The van der Waals surface area contributed by atoms with Crippen molar-refractivity contribution in [1.82, 2.24) is 0 Å². The predicted molar refractivity (Wildman–Crippen MR) is 71.3 cm³/mol. The summed E-state index contributed by atoms with van der Waals surface area (Å²) in [5.41, 5.74) is 1.46. The molecule has 2 aromatic carbocycles. The van der Waals surface area contributed by atoms with E-state index in [4.69, 9.17) is 0 Å². The van der Waals surface area contributed by atoms with E-state index in [1.165, 1.54) is 12.1 Å². The van der Waals surface area contributed by atoms with E-state index in [9.17, 15) is 18.3 Å². The first-order valence-electron chi connectivity index (χ1n) is 6.36. The van der Waals surface area contributed by atoms with Gasteiger partial charge >= 0.3 is 6.18 Å². The normalized spacial score (nSPS) is 13.2. The van der Waals surface area contributed by atoms with E-state index in [2.05, 4.69) is 0 Å². The molecule has 0 aliphatic rings. The van der Waals surface area contributed by atoms with Gasteiger partial charge in [-0.2, -0.15) is 13.2 Å². The Morgan fingerprint density at radius 2 is 1.60 bits per heavy atom. The number of aliphatic hydroxyl groups excluding tert-OH is 1. The van der Waals surface area contributed by atoms with Gasteiger partial charge in [-0.15, -0.1) is 0 Å². The Kier molecular flexibility index (Phi) is 4.14. The van der Waals surface area contributed by atoms with Gasteiger partial charge in [0.15, 0.2) is 0 Å². The lowest BCUT2D eigenvalue weighted by molar-refractivity contribution is -0.137. The van der Waals surface area contributed by atoms with Crippen LogP contribution in [-0.4, -0.2) is 5.11 Å². The van der Waals surface area contributed by atoms with Crippen LogP contribution in [0.1, 0.15) is 35.3 Å². The smallest absolute Gasteiger partial charge is 0.384 e. The molecule has 1 unspecified atom stereocenters. The largest absolute Gasteiger partial charge is 0.416 e. The van der Waals surface area contributed by atoms with Crippen molar-refractivity contribution in [1.29, 1.82) is 0 Å².